The predicted molar refractivity (Wildman–Crippen MR) is 75.4 cm³/mol. The van der Waals surface area contributed by atoms with Crippen molar-refractivity contribution in [2.75, 3.05) is 19.0 Å². The van der Waals surface area contributed by atoms with Gasteiger partial charge in [0.25, 0.3) is 0 Å². The normalized spacial score (nSPS) is 10.3. The first-order valence-corrected chi connectivity index (χ1v) is 6.24. The number of anilines is 1. The number of methoxy groups -OCH3 is 1. The Hall–Kier alpha value is -2.50. The molecular weight excluding hydrogens is 258 g/mol. The van der Waals surface area contributed by atoms with Gasteiger partial charge in [0.05, 0.1) is 31.1 Å². The molecule has 2 rings (SSSR count). The molecule has 0 spiro atoms. The molecule has 0 fully saturated rings. The second kappa shape index (κ2) is 6.10. The van der Waals surface area contributed by atoms with Crippen LogP contribution in [0.2, 0.25) is 0 Å². The second-order valence-corrected chi connectivity index (χ2v) is 4.42. The van der Waals surface area contributed by atoms with Crippen LogP contribution >= 0.6 is 0 Å². The topological polar surface area (TPSA) is 76.4 Å². The number of carboxylic acids is 1. The Morgan fingerprint density at radius 3 is 2.90 bits per heavy atom. The Labute approximate surface area is 117 Å². The lowest BCUT2D eigenvalue weighted by atomic mass is 10.1. The zero-order chi connectivity index (χ0) is 14.5. The number of aryl methyl sites for hydroxylation is 1. The minimum Gasteiger partial charge on any atom is -0.497 e. The molecule has 0 saturated heterocycles. The molecule has 106 valence electrons. The molecule has 20 heavy (non-hydrogen) atoms. The van der Waals surface area contributed by atoms with Crippen molar-refractivity contribution in [2.45, 2.75) is 13.5 Å². The Balaban J connectivity index is 2.05. The predicted octanol–water partition coefficient (Wildman–Crippen LogP) is 2.01. The van der Waals surface area contributed by atoms with Gasteiger partial charge in [-0.05, 0) is 24.6 Å². The zero-order valence-corrected chi connectivity index (χ0v) is 11.5. The lowest BCUT2D eigenvalue weighted by Crippen LogP contribution is -2.13. The van der Waals surface area contributed by atoms with Gasteiger partial charge in [-0.1, -0.05) is 0 Å². The van der Waals surface area contributed by atoms with E-state index in [1.54, 1.807) is 25.4 Å². The van der Waals surface area contributed by atoms with Crippen LogP contribution in [-0.2, 0) is 6.54 Å². The molecule has 0 unspecified atom stereocenters. The first-order valence-electron chi connectivity index (χ1n) is 6.24. The molecule has 1 aromatic carbocycles. The highest BCUT2D eigenvalue weighted by atomic mass is 16.5. The maximum Gasteiger partial charge on any atom is 0.337 e. The van der Waals surface area contributed by atoms with E-state index in [1.165, 1.54) is 6.07 Å². The molecule has 0 aliphatic carbocycles. The Kier molecular flexibility index (Phi) is 4.24. The molecule has 1 heterocycles. The van der Waals surface area contributed by atoms with E-state index in [-0.39, 0.29) is 5.56 Å². The van der Waals surface area contributed by atoms with Gasteiger partial charge < -0.3 is 15.2 Å². The molecule has 0 amide bonds. The molecule has 6 heteroatoms. The van der Waals surface area contributed by atoms with Crippen molar-refractivity contribution >= 4 is 11.7 Å². The lowest BCUT2D eigenvalue weighted by molar-refractivity contribution is 0.0698. The Bertz CT molecular complexity index is 607. The van der Waals surface area contributed by atoms with Crippen LogP contribution in [0.15, 0.2) is 30.6 Å². The molecule has 2 aromatic rings. The highest BCUT2D eigenvalue weighted by Gasteiger charge is 2.10. The van der Waals surface area contributed by atoms with E-state index in [0.717, 1.165) is 5.56 Å². The molecule has 0 aliphatic rings. The summed E-state index contributed by atoms with van der Waals surface area (Å²) in [5, 5.41) is 16.4. The van der Waals surface area contributed by atoms with Gasteiger partial charge in [0.15, 0.2) is 0 Å². The van der Waals surface area contributed by atoms with Crippen LogP contribution in [0.4, 0.5) is 5.69 Å². The first kappa shape index (κ1) is 13.9. The summed E-state index contributed by atoms with van der Waals surface area (Å²) in [6.45, 7) is 3.21. The van der Waals surface area contributed by atoms with E-state index in [4.69, 9.17) is 9.84 Å². The third-order valence-electron chi connectivity index (χ3n) is 2.88. The first-order chi connectivity index (χ1) is 9.60. The number of ether oxygens (including phenoxy) is 1. The van der Waals surface area contributed by atoms with Crippen molar-refractivity contribution < 1.29 is 14.6 Å². The van der Waals surface area contributed by atoms with Gasteiger partial charge in [-0.15, -0.1) is 0 Å². The van der Waals surface area contributed by atoms with Crippen LogP contribution in [0.3, 0.4) is 0 Å². The number of rotatable bonds is 6. The summed E-state index contributed by atoms with van der Waals surface area (Å²) in [4.78, 5) is 11.2. The molecule has 2 N–H and O–H groups in total. The van der Waals surface area contributed by atoms with Crippen LogP contribution in [0.1, 0.15) is 15.9 Å². The maximum absolute atomic E-state index is 11.2. The fourth-order valence-electron chi connectivity index (χ4n) is 1.88. The third-order valence-corrected chi connectivity index (χ3v) is 2.88. The summed E-state index contributed by atoms with van der Waals surface area (Å²) in [6, 6.07) is 4.84. The number of carboxylic acid groups (broad SMARTS) is 1. The van der Waals surface area contributed by atoms with Crippen molar-refractivity contribution in [3.8, 4) is 5.75 Å². The standard InChI is InChI=1S/C14H17N3O3/c1-10-8-16-17(9-10)6-5-15-13-7-11(20-2)3-4-12(13)14(18)19/h3-4,7-9,15H,5-6H2,1-2H3,(H,18,19). The number of carbonyl (C=O) groups is 1. The van der Waals surface area contributed by atoms with Gasteiger partial charge in [0.1, 0.15) is 5.75 Å². The van der Waals surface area contributed by atoms with Crippen molar-refractivity contribution in [2.24, 2.45) is 0 Å². The van der Waals surface area contributed by atoms with E-state index in [1.807, 2.05) is 17.8 Å². The second-order valence-electron chi connectivity index (χ2n) is 4.42. The summed E-state index contributed by atoms with van der Waals surface area (Å²) in [5.41, 5.74) is 1.86. The van der Waals surface area contributed by atoms with Crippen molar-refractivity contribution in [1.29, 1.82) is 0 Å². The summed E-state index contributed by atoms with van der Waals surface area (Å²) in [5.74, 6) is -0.350. The van der Waals surface area contributed by atoms with Crippen LogP contribution in [0.5, 0.6) is 5.75 Å². The fraction of sp³-hybridized carbons (Fsp3) is 0.286. The smallest absolute Gasteiger partial charge is 0.337 e. The SMILES string of the molecule is COc1ccc(C(=O)O)c(NCCn2cc(C)cn2)c1. The Morgan fingerprint density at radius 1 is 1.50 bits per heavy atom. The van der Waals surface area contributed by atoms with E-state index in [0.29, 0.717) is 24.5 Å². The third kappa shape index (κ3) is 3.28. The molecule has 1 aromatic heterocycles. The average Bonchev–Trinajstić information content (AvgIpc) is 2.84. The van der Waals surface area contributed by atoms with Crippen LogP contribution in [0.25, 0.3) is 0 Å². The summed E-state index contributed by atoms with van der Waals surface area (Å²) >= 11 is 0. The molecule has 0 radical (unpaired) electrons. The number of hydrogen-bond donors (Lipinski definition) is 2. The maximum atomic E-state index is 11.2. The minimum absolute atomic E-state index is 0.224. The molecular formula is C14H17N3O3. The van der Waals surface area contributed by atoms with E-state index in [2.05, 4.69) is 10.4 Å². The number of aromatic carboxylic acids is 1. The van der Waals surface area contributed by atoms with Gasteiger partial charge in [0.2, 0.25) is 0 Å². The fourth-order valence-corrected chi connectivity index (χ4v) is 1.88. The van der Waals surface area contributed by atoms with Crippen molar-refractivity contribution in [1.82, 2.24) is 9.78 Å². The van der Waals surface area contributed by atoms with Gasteiger partial charge in [-0.3, -0.25) is 4.68 Å². The number of benzene rings is 1. The number of hydrogen-bond acceptors (Lipinski definition) is 4. The largest absolute Gasteiger partial charge is 0.497 e. The zero-order valence-electron chi connectivity index (χ0n) is 11.5. The van der Waals surface area contributed by atoms with Crippen molar-refractivity contribution in [3.63, 3.8) is 0 Å². The molecule has 0 atom stereocenters. The van der Waals surface area contributed by atoms with Gasteiger partial charge in [-0.25, -0.2) is 4.79 Å². The quantitative estimate of drug-likeness (QED) is 0.843. The molecule has 0 bridgehead atoms. The summed E-state index contributed by atoms with van der Waals surface area (Å²) < 4.78 is 6.92. The summed E-state index contributed by atoms with van der Waals surface area (Å²) in [6.07, 6.45) is 3.72. The molecule has 6 nitrogen and oxygen atoms in total. The highest BCUT2D eigenvalue weighted by molar-refractivity contribution is 5.94. The molecule has 0 aliphatic heterocycles. The minimum atomic E-state index is -0.968. The molecule has 0 saturated carbocycles. The van der Waals surface area contributed by atoms with Crippen molar-refractivity contribution in [3.05, 3.63) is 41.7 Å². The van der Waals surface area contributed by atoms with Gasteiger partial charge in [-0.2, -0.15) is 5.10 Å². The Morgan fingerprint density at radius 2 is 2.30 bits per heavy atom. The van der Waals surface area contributed by atoms with Gasteiger partial charge in [0, 0.05) is 18.8 Å². The lowest BCUT2D eigenvalue weighted by Gasteiger charge is -2.11. The van der Waals surface area contributed by atoms with Crippen LogP contribution in [-0.4, -0.2) is 34.5 Å². The average molecular weight is 275 g/mol. The van der Waals surface area contributed by atoms with E-state index < -0.39 is 5.97 Å². The number of nitrogens with one attached hydrogen (secondary N) is 1. The van der Waals surface area contributed by atoms with Crippen LogP contribution < -0.4 is 10.1 Å². The van der Waals surface area contributed by atoms with Crippen LogP contribution in [0, 0.1) is 6.92 Å². The number of nitrogens with zero attached hydrogens (tertiary/aromatic N) is 2. The van der Waals surface area contributed by atoms with E-state index in [9.17, 15) is 4.79 Å². The number of aromatic nitrogens is 2. The highest BCUT2D eigenvalue weighted by Crippen LogP contribution is 2.22. The van der Waals surface area contributed by atoms with E-state index >= 15 is 0 Å². The summed E-state index contributed by atoms with van der Waals surface area (Å²) in [7, 11) is 1.55. The monoisotopic (exact) mass is 275 g/mol. The van der Waals surface area contributed by atoms with Gasteiger partial charge >= 0.3 is 5.97 Å².